The molecule has 0 aromatic heterocycles. The van der Waals surface area contributed by atoms with Crippen LogP contribution < -0.4 is 5.32 Å². The Hall–Kier alpha value is -3.55. The summed E-state index contributed by atoms with van der Waals surface area (Å²) in [4.78, 5) is 36.2. The van der Waals surface area contributed by atoms with Gasteiger partial charge in [0.05, 0.1) is 4.92 Å². The molecule has 0 atom stereocenters. The van der Waals surface area contributed by atoms with Gasteiger partial charge in [-0.25, -0.2) is 4.39 Å². The Morgan fingerprint density at radius 1 is 1.14 bits per heavy atom. The number of nitro benzene ring substituents is 1. The molecule has 0 heterocycles. The molecule has 1 N–H and O–H groups in total. The highest BCUT2D eigenvalue weighted by molar-refractivity contribution is 5.98. The Kier molecular flexibility index (Phi) is 6.97. The second-order valence-corrected chi connectivity index (χ2v) is 6.30. The van der Waals surface area contributed by atoms with E-state index in [0.717, 1.165) is 0 Å². The maximum atomic E-state index is 12.9. The van der Waals surface area contributed by atoms with Crippen LogP contribution >= 0.6 is 0 Å². The van der Waals surface area contributed by atoms with Gasteiger partial charge in [-0.05, 0) is 61.9 Å². The van der Waals surface area contributed by atoms with Gasteiger partial charge in [0.15, 0.2) is 0 Å². The quantitative estimate of drug-likeness (QED) is 0.448. The number of hydrogen-bond acceptors (Lipinski definition) is 4. The van der Waals surface area contributed by atoms with Gasteiger partial charge in [-0.1, -0.05) is 0 Å². The van der Waals surface area contributed by atoms with Crippen LogP contribution in [0, 0.1) is 15.9 Å². The molecule has 0 spiro atoms. The predicted molar refractivity (Wildman–Crippen MR) is 104 cm³/mol. The summed E-state index contributed by atoms with van der Waals surface area (Å²) in [6.07, 6.45) is 2.84. The van der Waals surface area contributed by atoms with E-state index in [1.165, 1.54) is 65.6 Å². The van der Waals surface area contributed by atoms with E-state index >= 15 is 0 Å². The number of nitrogens with one attached hydrogen (secondary N) is 1. The minimum absolute atomic E-state index is 0.0373. The molecule has 0 bridgehead atoms. The Morgan fingerprint density at radius 2 is 1.75 bits per heavy atom. The van der Waals surface area contributed by atoms with Gasteiger partial charge in [-0.3, -0.25) is 19.7 Å². The van der Waals surface area contributed by atoms with E-state index in [1.807, 2.05) is 0 Å². The second kappa shape index (κ2) is 9.40. The molecule has 0 saturated carbocycles. The number of halogens is 1. The van der Waals surface area contributed by atoms with Crippen molar-refractivity contribution in [3.8, 4) is 0 Å². The van der Waals surface area contributed by atoms with Crippen molar-refractivity contribution in [1.82, 2.24) is 4.90 Å². The average molecular weight is 385 g/mol. The van der Waals surface area contributed by atoms with E-state index in [1.54, 1.807) is 13.8 Å². The van der Waals surface area contributed by atoms with Crippen LogP contribution in [-0.4, -0.2) is 34.2 Å². The number of carbonyl (C=O) groups is 2. The first-order chi connectivity index (χ1) is 13.3. The number of nitrogens with zero attached hydrogens (tertiary/aromatic N) is 2. The van der Waals surface area contributed by atoms with E-state index < -0.39 is 16.6 Å². The zero-order valence-electron chi connectivity index (χ0n) is 15.5. The fourth-order valence-corrected chi connectivity index (χ4v) is 2.37. The minimum Gasteiger partial charge on any atom is -0.327 e. The van der Waals surface area contributed by atoms with E-state index in [2.05, 4.69) is 5.32 Å². The lowest BCUT2D eigenvalue weighted by Gasteiger charge is -2.24. The highest BCUT2D eigenvalue weighted by Gasteiger charge is 2.18. The molecule has 146 valence electrons. The zero-order valence-corrected chi connectivity index (χ0v) is 15.5. The maximum absolute atomic E-state index is 12.9. The van der Waals surface area contributed by atoms with Crippen molar-refractivity contribution in [3.05, 3.63) is 76.1 Å². The van der Waals surface area contributed by atoms with E-state index in [4.69, 9.17) is 0 Å². The van der Waals surface area contributed by atoms with Crippen molar-refractivity contribution >= 4 is 29.3 Å². The number of carbonyl (C=O) groups excluding carboxylic acids is 2. The van der Waals surface area contributed by atoms with Crippen LogP contribution in [0.4, 0.5) is 15.8 Å². The summed E-state index contributed by atoms with van der Waals surface area (Å²) in [5, 5.41) is 13.3. The second-order valence-electron chi connectivity index (χ2n) is 6.30. The SMILES string of the molecule is CC(C)N(CC(=O)Nc1ccc(F)cc1)C(=O)/C=C/c1ccc([N+](=O)[O-])cc1. The first kappa shape index (κ1) is 20.8. The molecule has 2 aromatic rings. The number of non-ortho nitro benzene ring substituents is 1. The molecule has 0 radical (unpaired) electrons. The molecule has 0 aliphatic heterocycles. The van der Waals surface area contributed by atoms with Crippen molar-refractivity contribution < 1.29 is 18.9 Å². The zero-order chi connectivity index (χ0) is 20.7. The Labute approximate surface area is 161 Å². The highest BCUT2D eigenvalue weighted by atomic mass is 19.1. The molecule has 0 fully saturated rings. The largest absolute Gasteiger partial charge is 0.327 e. The first-order valence-electron chi connectivity index (χ1n) is 8.55. The molecule has 2 aromatic carbocycles. The van der Waals surface area contributed by atoms with Gasteiger partial charge in [0.1, 0.15) is 12.4 Å². The molecule has 0 unspecified atom stereocenters. The van der Waals surface area contributed by atoms with Gasteiger partial charge in [0.25, 0.3) is 5.69 Å². The van der Waals surface area contributed by atoms with Gasteiger partial charge in [0, 0.05) is 29.9 Å². The summed E-state index contributed by atoms with van der Waals surface area (Å²) in [7, 11) is 0. The number of hydrogen-bond donors (Lipinski definition) is 1. The third-order valence-electron chi connectivity index (χ3n) is 3.87. The number of rotatable bonds is 7. The lowest BCUT2D eigenvalue weighted by Crippen LogP contribution is -2.41. The standard InChI is InChI=1S/C20H20FN3O4/c1-14(2)23(13-19(25)22-17-8-6-16(21)7-9-17)20(26)12-5-15-3-10-18(11-4-15)24(27)28/h3-12,14H,13H2,1-2H3,(H,22,25)/b12-5+. The molecule has 28 heavy (non-hydrogen) atoms. The summed E-state index contributed by atoms with van der Waals surface area (Å²) in [6, 6.07) is 10.9. The fourth-order valence-electron chi connectivity index (χ4n) is 2.37. The predicted octanol–water partition coefficient (Wildman–Crippen LogP) is 3.62. The summed E-state index contributed by atoms with van der Waals surface area (Å²) >= 11 is 0. The van der Waals surface area contributed by atoms with Gasteiger partial charge in [0.2, 0.25) is 11.8 Å². The topological polar surface area (TPSA) is 92.6 Å². The van der Waals surface area contributed by atoms with Crippen molar-refractivity contribution in [1.29, 1.82) is 0 Å². The molecule has 7 nitrogen and oxygen atoms in total. The molecule has 2 amide bonds. The minimum atomic E-state index is -0.501. The maximum Gasteiger partial charge on any atom is 0.269 e. The monoisotopic (exact) mass is 385 g/mol. The average Bonchev–Trinajstić information content (AvgIpc) is 2.66. The summed E-state index contributed by atoms with van der Waals surface area (Å²) < 4.78 is 12.9. The van der Waals surface area contributed by atoms with Gasteiger partial charge < -0.3 is 10.2 Å². The third kappa shape index (κ3) is 6.01. The van der Waals surface area contributed by atoms with Crippen LogP contribution in [0.5, 0.6) is 0 Å². The highest BCUT2D eigenvalue weighted by Crippen LogP contribution is 2.13. The van der Waals surface area contributed by atoms with E-state index in [-0.39, 0.29) is 24.2 Å². The molecule has 0 aliphatic rings. The van der Waals surface area contributed by atoms with Crippen LogP contribution in [0.2, 0.25) is 0 Å². The smallest absolute Gasteiger partial charge is 0.269 e. The molecule has 0 saturated heterocycles. The lowest BCUT2D eigenvalue weighted by atomic mass is 10.2. The number of anilines is 1. The van der Waals surface area contributed by atoms with Crippen LogP contribution in [0.3, 0.4) is 0 Å². The summed E-state index contributed by atoms with van der Waals surface area (Å²) in [5.41, 5.74) is 1.02. The molecule has 0 aliphatic carbocycles. The van der Waals surface area contributed by atoms with Crippen molar-refractivity contribution in [3.63, 3.8) is 0 Å². The lowest BCUT2D eigenvalue weighted by molar-refractivity contribution is -0.384. The third-order valence-corrected chi connectivity index (χ3v) is 3.87. The Balaban J connectivity index is 2.01. The Bertz CT molecular complexity index is 877. The van der Waals surface area contributed by atoms with Crippen molar-refractivity contribution in [2.45, 2.75) is 19.9 Å². The van der Waals surface area contributed by atoms with Gasteiger partial charge >= 0.3 is 0 Å². The van der Waals surface area contributed by atoms with Crippen LogP contribution in [0.15, 0.2) is 54.6 Å². The Morgan fingerprint density at radius 3 is 2.29 bits per heavy atom. The first-order valence-corrected chi connectivity index (χ1v) is 8.55. The molecule has 2 rings (SSSR count). The summed E-state index contributed by atoms with van der Waals surface area (Å²) in [5.74, 6) is -1.19. The van der Waals surface area contributed by atoms with Crippen molar-refractivity contribution in [2.24, 2.45) is 0 Å². The molecule has 8 heteroatoms. The van der Waals surface area contributed by atoms with Crippen LogP contribution in [0.25, 0.3) is 6.08 Å². The van der Waals surface area contributed by atoms with E-state index in [0.29, 0.717) is 11.3 Å². The van der Waals surface area contributed by atoms with Crippen molar-refractivity contribution in [2.75, 3.05) is 11.9 Å². The van der Waals surface area contributed by atoms with E-state index in [9.17, 15) is 24.1 Å². The molecular formula is C20H20FN3O4. The normalized spacial score (nSPS) is 10.9. The van der Waals surface area contributed by atoms with Crippen LogP contribution in [0.1, 0.15) is 19.4 Å². The van der Waals surface area contributed by atoms with Gasteiger partial charge in [-0.2, -0.15) is 0 Å². The number of nitro groups is 1. The van der Waals surface area contributed by atoms with Gasteiger partial charge in [-0.15, -0.1) is 0 Å². The number of benzene rings is 2. The fraction of sp³-hybridized carbons (Fsp3) is 0.200. The van der Waals surface area contributed by atoms with Crippen LogP contribution in [-0.2, 0) is 9.59 Å². The number of amides is 2. The molecular weight excluding hydrogens is 365 g/mol. The summed E-state index contributed by atoms with van der Waals surface area (Å²) in [6.45, 7) is 3.39.